The summed E-state index contributed by atoms with van der Waals surface area (Å²) in [5.41, 5.74) is -2.56. The van der Waals surface area contributed by atoms with Gasteiger partial charge in [0.25, 0.3) is 0 Å². The van der Waals surface area contributed by atoms with Crippen LogP contribution in [0.4, 0.5) is 0 Å². The van der Waals surface area contributed by atoms with Crippen molar-refractivity contribution in [1.29, 1.82) is 0 Å². The summed E-state index contributed by atoms with van der Waals surface area (Å²) >= 11 is 0. The minimum atomic E-state index is -4.11. The lowest BCUT2D eigenvalue weighted by Gasteiger charge is -2.56. The molecule has 5 aliphatic rings. The number of allylic oxidation sites excluding steroid dienone is 1. The Hall–Kier alpha value is -1.71. The van der Waals surface area contributed by atoms with E-state index in [0.717, 1.165) is 42.5 Å². The van der Waals surface area contributed by atoms with E-state index in [-0.39, 0.29) is 29.6 Å². The molecule has 0 aromatic carbocycles. The van der Waals surface area contributed by atoms with Crippen molar-refractivity contribution in [3.8, 4) is 0 Å². The molecule has 0 spiro atoms. The molecule has 9 atom stereocenters. The first-order valence-corrected chi connectivity index (χ1v) is 16.5. The summed E-state index contributed by atoms with van der Waals surface area (Å²) in [5, 5.41) is 0. The third-order valence-corrected chi connectivity index (χ3v) is 12.6. The van der Waals surface area contributed by atoms with Crippen LogP contribution in [0, 0.1) is 35.5 Å². The van der Waals surface area contributed by atoms with E-state index < -0.39 is 33.2 Å². The fraction of sp³-hybridized carbons (Fsp3) is 0.800. The molecule has 9 heteroatoms. The number of esters is 1. The van der Waals surface area contributed by atoms with Crippen molar-refractivity contribution in [2.45, 2.75) is 115 Å². The maximum Gasteiger partial charge on any atom is 0.367 e. The molecule has 0 N–H and O–H groups in total. The molecule has 4 aliphatic carbocycles. The molecule has 0 radical (unpaired) electrons. The number of hydrogen-bond donors (Lipinski definition) is 0. The maximum atomic E-state index is 13.4. The zero-order valence-corrected chi connectivity index (χ0v) is 24.6. The number of carbonyl (C=O) groups is 1. The van der Waals surface area contributed by atoms with Gasteiger partial charge in [-0.3, -0.25) is 0 Å². The van der Waals surface area contributed by atoms with E-state index >= 15 is 0 Å². The lowest BCUT2D eigenvalue weighted by molar-refractivity contribution is -0.285. The Morgan fingerprint density at radius 3 is 2.64 bits per heavy atom. The van der Waals surface area contributed by atoms with Crippen molar-refractivity contribution in [3.63, 3.8) is 0 Å². The van der Waals surface area contributed by atoms with E-state index in [1.54, 1.807) is 6.08 Å². The van der Waals surface area contributed by atoms with Gasteiger partial charge in [-0.15, -0.1) is 0 Å². The first kappa shape index (κ1) is 27.5. The molecule has 1 aromatic rings. The molecule has 2 bridgehead atoms. The lowest BCUT2D eigenvalue weighted by Crippen LogP contribution is -2.65. The number of ether oxygens (including phenoxy) is 2. The predicted molar refractivity (Wildman–Crippen MR) is 146 cm³/mol. The van der Waals surface area contributed by atoms with Crippen molar-refractivity contribution in [1.82, 2.24) is 8.96 Å². The zero-order chi connectivity index (χ0) is 27.6. The van der Waals surface area contributed by atoms with Crippen LogP contribution in [0.1, 0.15) is 91.9 Å². The third kappa shape index (κ3) is 4.00. The van der Waals surface area contributed by atoms with Gasteiger partial charge >= 0.3 is 16.3 Å². The smallest absolute Gasteiger partial charge is 0.367 e. The number of hydrogen-bond acceptors (Lipinski definition) is 7. The van der Waals surface area contributed by atoms with Gasteiger partial charge in [-0.2, -0.15) is 8.42 Å². The minimum absolute atomic E-state index is 0.0465. The topological polar surface area (TPSA) is 96.7 Å². The second kappa shape index (κ2) is 9.69. The van der Waals surface area contributed by atoms with Gasteiger partial charge < -0.3 is 9.47 Å². The van der Waals surface area contributed by atoms with E-state index in [9.17, 15) is 13.2 Å². The highest BCUT2D eigenvalue weighted by Crippen LogP contribution is 2.78. The summed E-state index contributed by atoms with van der Waals surface area (Å²) in [5.74, 6) is 0.570. The number of carbonyl (C=O) groups excluding carboxylic acids is 1. The molecule has 216 valence electrons. The van der Waals surface area contributed by atoms with Gasteiger partial charge in [0, 0.05) is 30.3 Å². The Morgan fingerprint density at radius 2 is 1.97 bits per heavy atom. The van der Waals surface area contributed by atoms with E-state index in [4.69, 9.17) is 13.7 Å². The van der Waals surface area contributed by atoms with Crippen molar-refractivity contribution in [3.05, 3.63) is 30.9 Å². The summed E-state index contributed by atoms with van der Waals surface area (Å²) in [7, 11) is -4.11. The number of nitrogens with zero attached hydrogens (tertiary/aromatic N) is 2. The highest BCUT2D eigenvalue weighted by atomic mass is 32.2. The molecule has 8 nitrogen and oxygen atoms in total. The lowest BCUT2D eigenvalue weighted by atomic mass is 9.65. The molecule has 2 heterocycles. The first-order chi connectivity index (χ1) is 18.6. The highest BCUT2D eigenvalue weighted by molar-refractivity contribution is 7.85. The normalized spacial score (nSPS) is 42.3. The Balaban J connectivity index is 1.38. The summed E-state index contributed by atoms with van der Waals surface area (Å²) in [6.07, 6.45) is 17.6. The molecular weight excluding hydrogens is 516 g/mol. The number of aromatic nitrogens is 2. The fourth-order valence-electron chi connectivity index (χ4n) is 9.18. The van der Waals surface area contributed by atoms with Gasteiger partial charge in [0.1, 0.15) is 29.2 Å². The summed E-state index contributed by atoms with van der Waals surface area (Å²) < 4.78 is 47.7. The van der Waals surface area contributed by atoms with Crippen molar-refractivity contribution in [2.24, 2.45) is 35.5 Å². The highest BCUT2D eigenvalue weighted by Gasteiger charge is 2.89. The van der Waals surface area contributed by atoms with Gasteiger partial charge in [0.05, 0.1) is 0 Å². The Labute approximate surface area is 233 Å². The van der Waals surface area contributed by atoms with Crippen molar-refractivity contribution >= 4 is 16.3 Å². The fourth-order valence-corrected chi connectivity index (χ4v) is 10.4. The second-order valence-corrected chi connectivity index (χ2v) is 14.4. The minimum Gasteiger partial charge on any atom is -0.456 e. The van der Waals surface area contributed by atoms with Crippen molar-refractivity contribution < 1.29 is 26.9 Å². The average molecular weight is 561 g/mol. The number of imidazole rings is 1. The van der Waals surface area contributed by atoms with Crippen LogP contribution in [0.25, 0.3) is 0 Å². The summed E-state index contributed by atoms with van der Waals surface area (Å²) in [4.78, 5) is 17.3. The van der Waals surface area contributed by atoms with E-state index in [2.05, 4.69) is 32.7 Å². The van der Waals surface area contributed by atoms with Crippen LogP contribution in [0.2, 0.25) is 0 Å². The average Bonchev–Trinajstić information content (AvgIpc) is 3.28. The van der Waals surface area contributed by atoms with Gasteiger partial charge in [0.15, 0.2) is 0 Å². The Kier molecular flexibility index (Phi) is 6.82. The SMILES string of the molecule is CCC1CCC2C1C(OC(=O)/C=C/C1CCCCC1)C1(C(C)CC)OC2(C)C2(OS(=O)(=O)n3ccnc3)CC12. The van der Waals surface area contributed by atoms with Gasteiger partial charge in [0.2, 0.25) is 0 Å². The van der Waals surface area contributed by atoms with Crippen LogP contribution in [0.3, 0.4) is 0 Å². The number of fused-ring (bicyclic) bond motifs is 2. The third-order valence-electron chi connectivity index (χ3n) is 11.3. The molecule has 4 saturated carbocycles. The molecule has 9 unspecified atom stereocenters. The predicted octanol–water partition coefficient (Wildman–Crippen LogP) is 5.44. The Bertz CT molecular complexity index is 1210. The van der Waals surface area contributed by atoms with E-state index in [1.807, 2.05) is 6.08 Å². The molecule has 39 heavy (non-hydrogen) atoms. The monoisotopic (exact) mass is 560 g/mol. The maximum absolute atomic E-state index is 13.4. The molecule has 0 amide bonds. The molecule has 6 rings (SSSR count). The molecule has 1 aliphatic heterocycles. The van der Waals surface area contributed by atoms with Gasteiger partial charge in [-0.25, -0.2) is 17.9 Å². The van der Waals surface area contributed by atoms with Gasteiger partial charge in [-0.05, 0) is 62.7 Å². The van der Waals surface area contributed by atoms with Crippen LogP contribution >= 0.6 is 0 Å². The summed E-state index contributed by atoms with van der Waals surface area (Å²) in [6, 6.07) is 0. The van der Waals surface area contributed by atoms with Crippen LogP contribution in [-0.4, -0.2) is 46.3 Å². The molecule has 5 fully saturated rings. The Morgan fingerprint density at radius 1 is 1.21 bits per heavy atom. The quantitative estimate of drug-likeness (QED) is 0.293. The largest absolute Gasteiger partial charge is 0.456 e. The van der Waals surface area contributed by atoms with E-state index in [1.165, 1.54) is 38.0 Å². The van der Waals surface area contributed by atoms with Crippen LogP contribution < -0.4 is 0 Å². The van der Waals surface area contributed by atoms with Crippen LogP contribution in [0.15, 0.2) is 30.9 Å². The van der Waals surface area contributed by atoms with Crippen LogP contribution in [-0.2, 0) is 28.8 Å². The molecule has 1 aromatic heterocycles. The first-order valence-electron chi connectivity index (χ1n) is 15.2. The van der Waals surface area contributed by atoms with Crippen molar-refractivity contribution in [2.75, 3.05) is 0 Å². The van der Waals surface area contributed by atoms with E-state index in [0.29, 0.717) is 18.3 Å². The molecular formula is C30H44N2O6S. The van der Waals surface area contributed by atoms with Crippen LogP contribution in [0.5, 0.6) is 0 Å². The van der Waals surface area contributed by atoms with Gasteiger partial charge in [-0.1, -0.05) is 59.0 Å². The number of rotatable bonds is 9. The molecule has 1 saturated heterocycles. The standard InChI is InChI=1S/C30H44N2O6S/c1-5-20(3)30-24-18-29(24,38-39(34,35)32-17-16-31-19-32)28(4,37-30)23-14-13-22(6-2)26(23)27(30)36-25(33)15-12-21-10-8-7-9-11-21/h12,15-17,19-24,26-27H,5-11,13-14,18H2,1-4H3/b15-12+. The zero-order valence-electron chi connectivity index (χ0n) is 23.8. The second-order valence-electron chi connectivity index (χ2n) is 13.0. The summed E-state index contributed by atoms with van der Waals surface area (Å²) in [6.45, 7) is 8.57.